The highest BCUT2D eigenvalue weighted by atomic mass is 16.4. The van der Waals surface area contributed by atoms with Crippen LogP contribution in [0.2, 0.25) is 0 Å². The maximum Gasteiger partial charge on any atom is 0.217 e. The summed E-state index contributed by atoms with van der Waals surface area (Å²) in [6.07, 6.45) is 5.06. The first kappa shape index (κ1) is 12.8. The van der Waals surface area contributed by atoms with Crippen LogP contribution in [0.5, 0.6) is 0 Å². The molecule has 0 fully saturated rings. The van der Waals surface area contributed by atoms with Crippen LogP contribution in [0.4, 0.5) is 0 Å². The number of nitrogens with zero attached hydrogens (tertiary/aromatic N) is 2. The second kappa shape index (κ2) is 6.96. The highest BCUT2D eigenvalue weighted by Gasteiger charge is 2.06. The molecule has 1 N–H and O–H groups in total. The molecular weight excluding hydrogens is 230 g/mol. The van der Waals surface area contributed by atoms with Gasteiger partial charge in [-0.15, -0.1) is 10.2 Å². The lowest BCUT2D eigenvalue weighted by Gasteiger charge is -1.97. The van der Waals surface area contributed by atoms with Crippen LogP contribution in [-0.2, 0) is 19.3 Å². The van der Waals surface area contributed by atoms with Gasteiger partial charge in [0.05, 0.1) is 6.26 Å². The second-order valence-corrected chi connectivity index (χ2v) is 4.13. The van der Waals surface area contributed by atoms with E-state index in [1.54, 1.807) is 6.26 Å². The lowest BCUT2D eigenvalue weighted by atomic mass is 10.2. The van der Waals surface area contributed by atoms with Crippen LogP contribution >= 0.6 is 0 Å². The van der Waals surface area contributed by atoms with Crippen LogP contribution in [0.25, 0.3) is 0 Å². The number of rotatable bonds is 8. The zero-order valence-electron chi connectivity index (χ0n) is 10.7. The van der Waals surface area contributed by atoms with Crippen molar-refractivity contribution in [3.8, 4) is 0 Å². The van der Waals surface area contributed by atoms with Gasteiger partial charge in [0.15, 0.2) is 0 Å². The van der Waals surface area contributed by atoms with Crippen molar-refractivity contribution < 1.29 is 8.83 Å². The molecule has 18 heavy (non-hydrogen) atoms. The van der Waals surface area contributed by atoms with E-state index in [0.717, 1.165) is 50.4 Å². The first-order chi connectivity index (χ1) is 8.88. The van der Waals surface area contributed by atoms with Gasteiger partial charge >= 0.3 is 0 Å². The maximum absolute atomic E-state index is 5.57. The summed E-state index contributed by atoms with van der Waals surface area (Å²) in [6, 6.07) is 3.84. The number of nitrogens with one attached hydrogen (secondary N) is 1. The second-order valence-electron chi connectivity index (χ2n) is 4.13. The van der Waals surface area contributed by atoms with Gasteiger partial charge in [-0.3, -0.25) is 0 Å². The predicted molar refractivity (Wildman–Crippen MR) is 67.3 cm³/mol. The third-order valence-corrected chi connectivity index (χ3v) is 2.67. The Bertz CT molecular complexity index is 437. The number of aryl methyl sites for hydroxylation is 3. The Hall–Kier alpha value is -1.62. The third-order valence-electron chi connectivity index (χ3n) is 2.67. The van der Waals surface area contributed by atoms with E-state index in [9.17, 15) is 0 Å². The zero-order chi connectivity index (χ0) is 12.6. The van der Waals surface area contributed by atoms with Crippen molar-refractivity contribution in [1.82, 2.24) is 15.5 Å². The summed E-state index contributed by atoms with van der Waals surface area (Å²) >= 11 is 0. The molecule has 0 aliphatic rings. The van der Waals surface area contributed by atoms with E-state index < -0.39 is 0 Å². The molecule has 0 spiro atoms. The summed E-state index contributed by atoms with van der Waals surface area (Å²) in [5.74, 6) is 2.36. The Balaban J connectivity index is 1.72. The molecule has 98 valence electrons. The Morgan fingerprint density at radius 2 is 2.00 bits per heavy atom. The van der Waals surface area contributed by atoms with Gasteiger partial charge in [-0.05, 0) is 31.6 Å². The maximum atomic E-state index is 5.57. The normalized spacial score (nSPS) is 10.9. The number of hydrogen-bond acceptors (Lipinski definition) is 5. The standard InChI is InChI=1S/C13H19N3O2/c1-2-14-9-3-6-12-15-16-13(18-12)8-7-11-5-4-10-17-11/h4-5,10,14H,2-3,6-9H2,1H3. The minimum Gasteiger partial charge on any atom is -0.469 e. The molecule has 5 nitrogen and oxygen atoms in total. The molecule has 0 bridgehead atoms. The van der Waals surface area contributed by atoms with Gasteiger partial charge in [0, 0.05) is 19.3 Å². The van der Waals surface area contributed by atoms with E-state index in [4.69, 9.17) is 8.83 Å². The van der Waals surface area contributed by atoms with Gasteiger partial charge in [-0.25, -0.2) is 0 Å². The predicted octanol–water partition coefficient (Wildman–Crippen LogP) is 1.99. The number of aromatic nitrogens is 2. The molecule has 0 unspecified atom stereocenters. The fraction of sp³-hybridized carbons (Fsp3) is 0.538. The van der Waals surface area contributed by atoms with Crippen molar-refractivity contribution in [3.05, 3.63) is 35.9 Å². The molecule has 2 aromatic heterocycles. The molecule has 0 radical (unpaired) electrons. The summed E-state index contributed by atoms with van der Waals surface area (Å²) in [7, 11) is 0. The summed E-state index contributed by atoms with van der Waals surface area (Å²) < 4.78 is 10.8. The van der Waals surface area contributed by atoms with Crippen molar-refractivity contribution in [1.29, 1.82) is 0 Å². The van der Waals surface area contributed by atoms with Gasteiger partial charge in [0.2, 0.25) is 11.8 Å². The highest BCUT2D eigenvalue weighted by Crippen LogP contribution is 2.08. The van der Waals surface area contributed by atoms with Gasteiger partial charge < -0.3 is 14.2 Å². The summed E-state index contributed by atoms with van der Waals surface area (Å²) in [5.41, 5.74) is 0. The Morgan fingerprint density at radius 1 is 1.17 bits per heavy atom. The van der Waals surface area contributed by atoms with Gasteiger partial charge in [-0.1, -0.05) is 6.92 Å². The Labute approximate surface area is 107 Å². The van der Waals surface area contributed by atoms with E-state index >= 15 is 0 Å². The highest BCUT2D eigenvalue weighted by molar-refractivity contribution is 4.99. The van der Waals surface area contributed by atoms with E-state index in [1.165, 1.54) is 0 Å². The average molecular weight is 249 g/mol. The first-order valence-electron chi connectivity index (χ1n) is 6.43. The summed E-state index contributed by atoms with van der Waals surface area (Å²) in [5, 5.41) is 11.3. The Morgan fingerprint density at radius 3 is 2.72 bits per heavy atom. The summed E-state index contributed by atoms with van der Waals surface area (Å²) in [4.78, 5) is 0. The SMILES string of the molecule is CCNCCCc1nnc(CCc2ccco2)o1. The molecule has 0 aromatic carbocycles. The minimum absolute atomic E-state index is 0.685. The molecular formula is C13H19N3O2. The topological polar surface area (TPSA) is 64.1 Å². The van der Waals surface area contributed by atoms with E-state index in [-0.39, 0.29) is 0 Å². The first-order valence-corrected chi connectivity index (χ1v) is 6.43. The summed E-state index contributed by atoms with van der Waals surface area (Å²) in [6.45, 7) is 4.08. The monoisotopic (exact) mass is 249 g/mol. The van der Waals surface area contributed by atoms with Crippen LogP contribution in [-0.4, -0.2) is 23.3 Å². The van der Waals surface area contributed by atoms with Crippen LogP contribution in [0, 0.1) is 0 Å². The van der Waals surface area contributed by atoms with E-state index in [2.05, 4.69) is 22.4 Å². The fourth-order valence-corrected chi connectivity index (χ4v) is 1.72. The molecule has 0 atom stereocenters. The van der Waals surface area contributed by atoms with Crippen molar-refractivity contribution >= 4 is 0 Å². The minimum atomic E-state index is 0.685. The number of furan rings is 1. The van der Waals surface area contributed by atoms with Crippen molar-refractivity contribution in [2.45, 2.75) is 32.6 Å². The van der Waals surface area contributed by atoms with Gasteiger partial charge in [-0.2, -0.15) is 0 Å². The van der Waals surface area contributed by atoms with Crippen LogP contribution in [0.15, 0.2) is 27.2 Å². The van der Waals surface area contributed by atoms with E-state index in [0.29, 0.717) is 5.89 Å². The fourth-order valence-electron chi connectivity index (χ4n) is 1.72. The van der Waals surface area contributed by atoms with Crippen LogP contribution < -0.4 is 5.32 Å². The zero-order valence-corrected chi connectivity index (χ0v) is 10.7. The van der Waals surface area contributed by atoms with Crippen LogP contribution in [0.1, 0.15) is 30.9 Å². The van der Waals surface area contributed by atoms with Crippen molar-refractivity contribution in [3.63, 3.8) is 0 Å². The molecule has 2 heterocycles. The third kappa shape index (κ3) is 4.00. The lowest BCUT2D eigenvalue weighted by Crippen LogP contribution is -2.14. The number of hydrogen-bond donors (Lipinski definition) is 1. The largest absolute Gasteiger partial charge is 0.469 e. The molecule has 2 aromatic rings. The van der Waals surface area contributed by atoms with Crippen LogP contribution in [0.3, 0.4) is 0 Å². The average Bonchev–Trinajstić information content (AvgIpc) is 3.03. The molecule has 0 saturated heterocycles. The molecule has 2 rings (SSSR count). The molecule has 0 saturated carbocycles. The molecule has 0 aliphatic carbocycles. The van der Waals surface area contributed by atoms with Crippen molar-refractivity contribution in [2.24, 2.45) is 0 Å². The molecule has 5 heteroatoms. The van der Waals surface area contributed by atoms with E-state index in [1.807, 2.05) is 12.1 Å². The van der Waals surface area contributed by atoms with Gasteiger partial charge in [0.1, 0.15) is 5.76 Å². The quantitative estimate of drug-likeness (QED) is 0.725. The molecule has 0 amide bonds. The molecule has 0 aliphatic heterocycles. The lowest BCUT2D eigenvalue weighted by molar-refractivity contribution is 0.431. The Kier molecular flexibility index (Phi) is 4.96. The smallest absolute Gasteiger partial charge is 0.217 e. The van der Waals surface area contributed by atoms with Crippen molar-refractivity contribution in [2.75, 3.05) is 13.1 Å². The van der Waals surface area contributed by atoms with Gasteiger partial charge in [0.25, 0.3) is 0 Å².